The second-order valence-electron chi connectivity index (χ2n) is 5.13. The van der Waals surface area contributed by atoms with Crippen LogP contribution in [0.2, 0.25) is 0 Å². The van der Waals surface area contributed by atoms with Crippen molar-refractivity contribution < 1.29 is 9.90 Å². The first-order valence-electron chi connectivity index (χ1n) is 6.84. The molecule has 1 aromatic carbocycles. The molecular formula is C16H15N3O2S. The molecule has 2 aromatic heterocycles. The minimum absolute atomic E-state index is 0.100. The van der Waals surface area contributed by atoms with Crippen molar-refractivity contribution in [3.8, 4) is 11.3 Å². The summed E-state index contributed by atoms with van der Waals surface area (Å²) < 4.78 is 1.63. The highest BCUT2D eigenvalue weighted by atomic mass is 32.1. The highest BCUT2D eigenvalue weighted by Crippen LogP contribution is 2.27. The van der Waals surface area contributed by atoms with Gasteiger partial charge in [0.1, 0.15) is 11.0 Å². The molecule has 0 amide bonds. The lowest BCUT2D eigenvalue weighted by atomic mass is 10.1. The monoisotopic (exact) mass is 313 g/mol. The van der Waals surface area contributed by atoms with E-state index in [1.807, 2.05) is 24.4 Å². The number of hydrogen-bond donors (Lipinski definition) is 1. The molecule has 1 unspecified atom stereocenters. The molecular weight excluding hydrogens is 298 g/mol. The summed E-state index contributed by atoms with van der Waals surface area (Å²) in [5.41, 5.74) is 3.39. The van der Waals surface area contributed by atoms with Crippen molar-refractivity contribution >= 4 is 17.3 Å². The van der Waals surface area contributed by atoms with Gasteiger partial charge in [-0.25, -0.2) is 9.78 Å². The van der Waals surface area contributed by atoms with Gasteiger partial charge < -0.3 is 5.11 Å². The van der Waals surface area contributed by atoms with E-state index in [2.05, 4.69) is 29.1 Å². The van der Waals surface area contributed by atoms with Gasteiger partial charge in [0, 0.05) is 17.1 Å². The minimum Gasteiger partial charge on any atom is -0.478 e. The van der Waals surface area contributed by atoms with E-state index in [4.69, 9.17) is 5.11 Å². The number of aromatic carboxylic acids is 1. The maximum absolute atomic E-state index is 10.9. The van der Waals surface area contributed by atoms with E-state index >= 15 is 0 Å². The average molecular weight is 313 g/mol. The van der Waals surface area contributed by atoms with Gasteiger partial charge in [0.2, 0.25) is 0 Å². The zero-order chi connectivity index (χ0) is 15.7. The van der Waals surface area contributed by atoms with Crippen LogP contribution in [0.25, 0.3) is 11.3 Å². The second kappa shape index (κ2) is 5.73. The number of aromatic nitrogens is 3. The maximum Gasteiger partial charge on any atom is 0.338 e. The van der Waals surface area contributed by atoms with Crippen LogP contribution in [0.15, 0.2) is 42.0 Å². The Morgan fingerprint density at radius 3 is 2.91 bits per heavy atom. The number of aryl methyl sites for hydroxylation is 1. The SMILES string of the molecule is Cc1cccc(-c2csc(C(C)n3cc(C(=O)O)cn3)n2)c1. The Kier molecular flexibility index (Phi) is 3.77. The van der Waals surface area contributed by atoms with Crippen LogP contribution in [0.4, 0.5) is 0 Å². The number of benzene rings is 1. The number of nitrogens with zero attached hydrogens (tertiary/aromatic N) is 3. The summed E-state index contributed by atoms with van der Waals surface area (Å²) in [7, 11) is 0. The Labute approximate surface area is 131 Å². The van der Waals surface area contributed by atoms with E-state index in [-0.39, 0.29) is 11.6 Å². The van der Waals surface area contributed by atoms with Crippen molar-refractivity contribution in [2.24, 2.45) is 0 Å². The van der Waals surface area contributed by atoms with Crippen LogP contribution in [-0.4, -0.2) is 25.8 Å². The van der Waals surface area contributed by atoms with Gasteiger partial charge in [0.05, 0.1) is 17.5 Å². The lowest BCUT2D eigenvalue weighted by Gasteiger charge is -2.08. The Morgan fingerprint density at radius 1 is 1.41 bits per heavy atom. The molecule has 112 valence electrons. The summed E-state index contributed by atoms with van der Waals surface area (Å²) >= 11 is 1.55. The van der Waals surface area contributed by atoms with Gasteiger partial charge in [0.15, 0.2) is 0 Å². The molecule has 6 heteroatoms. The quantitative estimate of drug-likeness (QED) is 0.798. The third-order valence-corrected chi connectivity index (χ3v) is 4.45. The van der Waals surface area contributed by atoms with E-state index in [0.29, 0.717) is 0 Å². The van der Waals surface area contributed by atoms with E-state index in [9.17, 15) is 4.79 Å². The highest BCUT2D eigenvalue weighted by molar-refractivity contribution is 7.10. The van der Waals surface area contributed by atoms with Crippen LogP contribution in [0.3, 0.4) is 0 Å². The fraction of sp³-hybridized carbons (Fsp3) is 0.188. The Morgan fingerprint density at radius 2 is 2.23 bits per heavy atom. The standard InChI is InChI=1S/C16H15N3O2S/c1-10-4-3-5-12(6-10)14-9-22-15(18-14)11(2)19-8-13(7-17-19)16(20)21/h3-9,11H,1-2H3,(H,20,21). The zero-order valence-corrected chi connectivity index (χ0v) is 13.0. The van der Waals surface area contributed by atoms with Gasteiger partial charge in [-0.05, 0) is 19.9 Å². The van der Waals surface area contributed by atoms with Crippen molar-refractivity contribution in [1.29, 1.82) is 0 Å². The topological polar surface area (TPSA) is 68.0 Å². The number of rotatable bonds is 4. The fourth-order valence-corrected chi connectivity index (χ4v) is 3.07. The largest absolute Gasteiger partial charge is 0.478 e. The molecule has 3 aromatic rings. The molecule has 0 aliphatic heterocycles. The van der Waals surface area contributed by atoms with Gasteiger partial charge >= 0.3 is 5.97 Å². The van der Waals surface area contributed by atoms with Gasteiger partial charge in [0.25, 0.3) is 0 Å². The third kappa shape index (κ3) is 2.78. The molecule has 0 saturated carbocycles. The molecule has 2 heterocycles. The van der Waals surface area contributed by atoms with E-state index in [1.165, 1.54) is 18.0 Å². The van der Waals surface area contributed by atoms with Crippen LogP contribution in [0.1, 0.15) is 33.9 Å². The van der Waals surface area contributed by atoms with Gasteiger partial charge in [-0.2, -0.15) is 5.10 Å². The Hall–Kier alpha value is -2.47. The van der Waals surface area contributed by atoms with E-state index in [0.717, 1.165) is 16.3 Å². The molecule has 0 bridgehead atoms. The van der Waals surface area contributed by atoms with Crippen molar-refractivity contribution in [3.63, 3.8) is 0 Å². The summed E-state index contributed by atoms with van der Waals surface area (Å²) in [6.45, 7) is 4.01. The van der Waals surface area contributed by atoms with Crippen molar-refractivity contribution in [2.45, 2.75) is 19.9 Å². The predicted octanol–water partition coefficient (Wildman–Crippen LogP) is 3.62. The van der Waals surface area contributed by atoms with Crippen LogP contribution >= 0.6 is 11.3 Å². The van der Waals surface area contributed by atoms with Crippen LogP contribution in [-0.2, 0) is 0 Å². The maximum atomic E-state index is 10.9. The second-order valence-corrected chi connectivity index (χ2v) is 6.02. The first-order chi connectivity index (χ1) is 10.5. The molecule has 3 rings (SSSR count). The molecule has 0 spiro atoms. The predicted molar refractivity (Wildman–Crippen MR) is 85.3 cm³/mol. The minimum atomic E-state index is -0.974. The van der Waals surface area contributed by atoms with Crippen LogP contribution < -0.4 is 0 Å². The van der Waals surface area contributed by atoms with Crippen molar-refractivity contribution in [1.82, 2.24) is 14.8 Å². The average Bonchev–Trinajstić information content (AvgIpc) is 3.16. The smallest absolute Gasteiger partial charge is 0.338 e. The molecule has 0 aliphatic rings. The van der Waals surface area contributed by atoms with E-state index in [1.54, 1.807) is 16.0 Å². The van der Waals surface area contributed by atoms with Gasteiger partial charge in [-0.3, -0.25) is 4.68 Å². The number of hydrogen-bond acceptors (Lipinski definition) is 4. The van der Waals surface area contributed by atoms with Gasteiger partial charge in [-0.15, -0.1) is 11.3 Å². The first kappa shape index (κ1) is 14.5. The molecule has 0 radical (unpaired) electrons. The van der Waals surface area contributed by atoms with Gasteiger partial charge in [-0.1, -0.05) is 23.8 Å². The van der Waals surface area contributed by atoms with Crippen molar-refractivity contribution in [2.75, 3.05) is 0 Å². The highest BCUT2D eigenvalue weighted by Gasteiger charge is 2.16. The normalized spacial score (nSPS) is 12.3. The summed E-state index contributed by atoms with van der Waals surface area (Å²) in [5.74, 6) is -0.974. The zero-order valence-electron chi connectivity index (χ0n) is 12.2. The Bertz CT molecular complexity index is 822. The molecule has 0 saturated heterocycles. The lowest BCUT2D eigenvalue weighted by Crippen LogP contribution is -2.07. The van der Waals surface area contributed by atoms with E-state index < -0.39 is 5.97 Å². The molecule has 5 nitrogen and oxygen atoms in total. The summed E-state index contributed by atoms with van der Waals surface area (Å²) in [6.07, 6.45) is 2.88. The van der Waals surface area contributed by atoms with Crippen LogP contribution in [0, 0.1) is 6.92 Å². The summed E-state index contributed by atoms with van der Waals surface area (Å²) in [4.78, 5) is 15.6. The lowest BCUT2D eigenvalue weighted by molar-refractivity contribution is 0.0696. The Balaban J connectivity index is 1.87. The fourth-order valence-electron chi connectivity index (χ4n) is 2.19. The molecule has 22 heavy (non-hydrogen) atoms. The molecule has 0 fully saturated rings. The molecule has 1 N–H and O–H groups in total. The number of thiazole rings is 1. The number of carbonyl (C=O) groups is 1. The van der Waals surface area contributed by atoms with Crippen LogP contribution in [0.5, 0.6) is 0 Å². The first-order valence-corrected chi connectivity index (χ1v) is 7.72. The number of carboxylic acid groups (broad SMARTS) is 1. The summed E-state index contributed by atoms with van der Waals surface area (Å²) in [5, 5.41) is 16.0. The molecule has 0 aliphatic carbocycles. The molecule has 1 atom stereocenters. The summed E-state index contributed by atoms with van der Waals surface area (Å²) in [6, 6.07) is 8.10. The third-order valence-electron chi connectivity index (χ3n) is 3.44. The van der Waals surface area contributed by atoms with Crippen molar-refractivity contribution in [3.05, 3.63) is 58.2 Å². The number of carboxylic acids is 1.